The van der Waals surface area contributed by atoms with Gasteiger partial charge >= 0.3 is 53.8 Å². The summed E-state index contributed by atoms with van der Waals surface area (Å²) in [7, 11) is -3.69. The number of halogens is 1. The first kappa shape index (κ1) is 85.1. The van der Waals surface area contributed by atoms with E-state index in [0.717, 1.165) is 0 Å². The molecule has 0 aliphatic carbocycles. The quantitative estimate of drug-likeness (QED) is 0.0200. The standard InChI is InChI=1S/C61H97FN12O23Si/c1-60(2,3)98(62,61(4,5)6)39-14-12-38(13-15-39)53(87)65-25-22-40(66-48(78)34-71-26-28-72(35-50(81)82)30-32-74(37-52(85)86)33-31-73(29-27-71)36-51(83)84)54(88)68-42(56(91)92)10-7-8-23-63-45(75)19-20-46(76)64-24-9-11-41(55(89)90)67-47(77)18-16-43(57(93)94)69-59(97)70-44(58(95)96)17-21-49(79)80/h12-15,40-44H,7-11,16-37H2,1-6H3,(H,63,75)(H,64,76)(H,65,87)(H,66,78)(H,67,77)(H,68,88)(H,79,80)(H,81,82)(H,83,84)(H,85,86)(H,89,90)(H,91,92)(H,93,94)(H,95,96)(H2,69,70,97)/t40-,41-,42-,43-,44-/m0/s1. The molecule has 2 rings (SSSR count). The molecule has 0 saturated carbocycles. The number of carboxylic acids is 8. The van der Waals surface area contributed by atoms with Crippen LogP contribution < -0.4 is 47.7 Å². The van der Waals surface area contributed by atoms with Crippen LogP contribution in [-0.4, -0.2) is 286 Å². The molecule has 16 N–H and O–H groups in total. The largest absolute Gasteiger partial charge is 0.481 e. The second-order valence-electron chi connectivity index (χ2n) is 25.8. The fourth-order valence-electron chi connectivity index (χ4n) is 10.9. The van der Waals surface area contributed by atoms with Gasteiger partial charge in [-0.2, -0.15) is 0 Å². The van der Waals surface area contributed by atoms with Crippen LogP contribution in [0.1, 0.15) is 129 Å². The zero-order chi connectivity index (χ0) is 74.1. The fraction of sp³-hybridized carbons (Fsp3) is 0.656. The van der Waals surface area contributed by atoms with Crippen molar-refractivity contribution < 1.29 is 117 Å². The fourth-order valence-corrected chi connectivity index (χ4v) is 15.5. The summed E-state index contributed by atoms with van der Waals surface area (Å²) >= 11 is 0. The third-order valence-electron chi connectivity index (χ3n) is 15.9. The summed E-state index contributed by atoms with van der Waals surface area (Å²) in [5.41, 5.74) is 0.168. The van der Waals surface area contributed by atoms with Crippen molar-refractivity contribution >= 4 is 103 Å². The summed E-state index contributed by atoms with van der Waals surface area (Å²) in [5.74, 6) is -15.3. The molecular weight excluding hydrogens is 1320 g/mol. The number of hydrogen-bond donors (Lipinski definition) is 16. The van der Waals surface area contributed by atoms with E-state index in [-0.39, 0.29) is 135 Å². The van der Waals surface area contributed by atoms with E-state index in [4.69, 9.17) is 5.11 Å². The van der Waals surface area contributed by atoms with Crippen molar-refractivity contribution in [2.75, 3.05) is 98.2 Å². The van der Waals surface area contributed by atoms with Crippen molar-refractivity contribution in [3.05, 3.63) is 29.8 Å². The minimum absolute atomic E-state index is 0.0135. The highest BCUT2D eigenvalue weighted by molar-refractivity contribution is 6.90. The van der Waals surface area contributed by atoms with Crippen LogP contribution in [0, 0.1) is 0 Å². The number of nitrogens with zero attached hydrogens (tertiary/aromatic N) is 4. The molecule has 5 atom stereocenters. The van der Waals surface area contributed by atoms with Gasteiger partial charge in [0.1, 0.15) is 30.2 Å². The SMILES string of the molecule is CC(C)(C)[Si](F)(c1ccc(C(=O)NCC[C@H](NC(=O)CN2CCN(CC(=O)O)CCN(CC(=O)O)CCN(CC(=O)O)CC2)C(=O)N[C@@H](CCCCNC(=O)CCC(=O)NCCC[C@H](NC(=O)CC[C@H](NC(=O)N[C@@H](CCC(=O)O)C(=O)O)C(=O)O)C(=O)O)C(=O)O)cc1)C(C)(C)C. The molecule has 0 radical (unpaired) electrons. The molecule has 0 aromatic heterocycles. The van der Waals surface area contributed by atoms with Crippen LogP contribution in [0.2, 0.25) is 10.1 Å². The lowest BCUT2D eigenvalue weighted by molar-refractivity contribution is -0.143. The lowest BCUT2D eigenvalue weighted by atomic mass is 10.1. The summed E-state index contributed by atoms with van der Waals surface area (Å²) in [6, 6.07) is -3.05. The normalized spacial score (nSPS) is 15.5. The van der Waals surface area contributed by atoms with E-state index in [1.54, 1.807) is 31.7 Å². The van der Waals surface area contributed by atoms with Crippen molar-refractivity contribution in [2.24, 2.45) is 0 Å². The monoisotopic (exact) mass is 1410 g/mol. The smallest absolute Gasteiger partial charge is 0.326 e. The summed E-state index contributed by atoms with van der Waals surface area (Å²) in [6.45, 7) is 9.71. The molecule has 35 nitrogen and oxygen atoms in total. The Labute approximate surface area is 566 Å². The summed E-state index contributed by atoms with van der Waals surface area (Å²) in [5, 5.41) is 94.3. The van der Waals surface area contributed by atoms with Crippen LogP contribution in [0.4, 0.5) is 8.90 Å². The lowest BCUT2D eigenvalue weighted by Gasteiger charge is -2.44. The first-order valence-electron chi connectivity index (χ1n) is 32.0. The predicted molar refractivity (Wildman–Crippen MR) is 348 cm³/mol. The Morgan fingerprint density at radius 1 is 0.398 bits per heavy atom. The average Bonchev–Trinajstić information content (AvgIpc) is 0.749. The van der Waals surface area contributed by atoms with Crippen LogP contribution in [0.15, 0.2) is 24.3 Å². The Morgan fingerprint density at radius 3 is 1.18 bits per heavy atom. The number of carbonyl (C=O) groups excluding carboxylic acids is 7. The van der Waals surface area contributed by atoms with Gasteiger partial charge in [-0.1, -0.05) is 53.7 Å². The zero-order valence-corrected chi connectivity index (χ0v) is 57.2. The highest BCUT2D eigenvalue weighted by Crippen LogP contribution is 2.51. The number of hydrogen-bond acceptors (Lipinski definition) is 19. The molecule has 1 aliphatic rings. The van der Waals surface area contributed by atoms with Crippen LogP contribution >= 0.6 is 0 Å². The molecule has 8 amide bonds. The van der Waals surface area contributed by atoms with E-state index < -0.39 is 183 Å². The maximum Gasteiger partial charge on any atom is 0.326 e. The number of amides is 8. The van der Waals surface area contributed by atoms with Crippen LogP contribution in [0.3, 0.4) is 0 Å². The summed E-state index contributed by atoms with van der Waals surface area (Å²) in [4.78, 5) is 192. The second-order valence-corrected chi connectivity index (χ2v) is 30.6. The number of carboxylic acid groups (broad SMARTS) is 8. The molecule has 0 bridgehead atoms. The van der Waals surface area contributed by atoms with Gasteiger partial charge in [0.25, 0.3) is 14.3 Å². The van der Waals surface area contributed by atoms with Crippen molar-refractivity contribution in [2.45, 2.75) is 159 Å². The average molecular weight is 1410 g/mol. The van der Waals surface area contributed by atoms with Crippen LogP contribution in [-0.2, 0) is 62.3 Å². The molecule has 1 aliphatic heterocycles. The molecule has 98 heavy (non-hydrogen) atoms. The van der Waals surface area contributed by atoms with E-state index in [0.29, 0.717) is 5.19 Å². The number of nitrogens with one attached hydrogen (secondary N) is 8. The first-order chi connectivity index (χ1) is 45.7. The van der Waals surface area contributed by atoms with Gasteiger partial charge < -0.3 is 87.5 Å². The Balaban J connectivity index is 2.10. The van der Waals surface area contributed by atoms with Gasteiger partial charge in [-0.25, -0.2) is 24.0 Å². The molecule has 1 aromatic rings. The van der Waals surface area contributed by atoms with Crippen LogP contribution in [0.5, 0.6) is 0 Å². The Kier molecular flexibility index (Phi) is 36.5. The van der Waals surface area contributed by atoms with Gasteiger partial charge in [-0.15, -0.1) is 0 Å². The highest BCUT2D eigenvalue weighted by Gasteiger charge is 2.56. The van der Waals surface area contributed by atoms with Gasteiger partial charge in [0.2, 0.25) is 29.5 Å². The van der Waals surface area contributed by atoms with Gasteiger partial charge in [0.05, 0.1) is 26.2 Å². The topological polar surface area (TPSA) is 527 Å². The van der Waals surface area contributed by atoms with Gasteiger partial charge in [0, 0.05) is 103 Å². The molecule has 0 unspecified atom stereocenters. The Bertz CT molecular complexity index is 2890. The van der Waals surface area contributed by atoms with E-state index in [2.05, 4.69) is 31.9 Å². The van der Waals surface area contributed by atoms with Crippen molar-refractivity contribution in [1.29, 1.82) is 0 Å². The molecule has 1 aromatic carbocycles. The molecule has 1 fully saturated rings. The third-order valence-corrected chi connectivity index (χ3v) is 21.2. The maximum atomic E-state index is 17.1. The predicted octanol–water partition coefficient (Wildman–Crippen LogP) is -1.56. The Hall–Kier alpha value is -8.94. The number of carbonyl (C=O) groups is 15. The maximum absolute atomic E-state index is 17.1. The summed E-state index contributed by atoms with van der Waals surface area (Å²) < 4.78 is 17.1. The van der Waals surface area contributed by atoms with Crippen LogP contribution in [0.25, 0.3) is 0 Å². The molecule has 1 heterocycles. The molecule has 37 heteroatoms. The molecular formula is C61H97FN12O23Si. The van der Waals surface area contributed by atoms with Gasteiger partial charge in [-0.05, 0) is 78.8 Å². The van der Waals surface area contributed by atoms with Gasteiger partial charge in [0.15, 0.2) is 0 Å². The number of rotatable bonds is 41. The van der Waals surface area contributed by atoms with Gasteiger partial charge in [-0.3, -0.25) is 67.5 Å². The second kappa shape index (κ2) is 42.0. The van der Waals surface area contributed by atoms with Crippen molar-refractivity contribution in [3.8, 4) is 0 Å². The number of benzene rings is 1. The molecule has 1 saturated heterocycles. The minimum Gasteiger partial charge on any atom is -0.481 e. The summed E-state index contributed by atoms with van der Waals surface area (Å²) in [6.07, 6.45) is -3.22. The number of urea groups is 1. The van der Waals surface area contributed by atoms with E-state index in [1.807, 2.05) is 52.2 Å². The zero-order valence-electron chi connectivity index (χ0n) is 56.2. The Morgan fingerprint density at radius 2 is 0.776 bits per heavy atom. The van der Waals surface area contributed by atoms with Crippen molar-refractivity contribution in [3.63, 3.8) is 0 Å². The molecule has 0 spiro atoms. The third kappa shape index (κ3) is 32.4. The first-order valence-corrected chi connectivity index (χ1v) is 33.9. The van der Waals surface area contributed by atoms with Crippen molar-refractivity contribution in [1.82, 2.24) is 62.1 Å². The number of unbranched alkanes of at least 4 members (excludes halogenated alkanes) is 1. The minimum atomic E-state index is -3.69. The lowest BCUT2D eigenvalue weighted by Crippen LogP contribution is -2.57. The van der Waals surface area contributed by atoms with E-state index in [9.17, 15) is 108 Å². The highest BCUT2D eigenvalue weighted by atomic mass is 28.4. The van der Waals surface area contributed by atoms with E-state index >= 15 is 4.11 Å². The number of aliphatic carboxylic acids is 8. The molecule has 550 valence electrons. The van der Waals surface area contributed by atoms with E-state index in [1.165, 1.54) is 12.1 Å².